The van der Waals surface area contributed by atoms with E-state index in [0.717, 1.165) is 40.5 Å². The van der Waals surface area contributed by atoms with E-state index in [1.165, 1.54) is 12.8 Å². The average molecular weight is 373 g/mol. The molecule has 0 radical (unpaired) electrons. The molecule has 1 aliphatic rings. The lowest BCUT2D eigenvalue weighted by atomic mass is 9.91. The highest BCUT2D eigenvalue weighted by molar-refractivity contribution is 5.86. The van der Waals surface area contributed by atoms with Gasteiger partial charge in [-0.25, -0.2) is 19.5 Å². The molecular formula is C21H23N7. The molecular weight excluding hydrogens is 350 g/mol. The number of anilines is 1. The Kier molecular flexibility index (Phi) is 4.37. The monoisotopic (exact) mass is 373 g/mol. The molecule has 0 bridgehead atoms. The molecule has 28 heavy (non-hydrogen) atoms. The van der Waals surface area contributed by atoms with E-state index in [2.05, 4.69) is 42.8 Å². The molecule has 4 heterocycles. The third-order valence-electron chi connectivity index (χ3n) is 5.65. The number of aromatic nitrogens is 5. The number of fused-ring (bicyclic) bond motifs is 2. The van der Waals surface area contributed by atoms with Gasteiger partial charge in [-0.2, -0.15) is 0 Å². The number of pyridine rings is 2. The van der Waals surface area contributed by atoms with Crippen molar-refractivity contribution in [1.82, 2.24) is 29.9 Å². The molecule has 0 aliphatic heterocycles. The Morgan fingerprint density at radius 1 is 1.00 bits per heavy atom. The highest BCUT2D eigenvalue weighted by atomic mass is 15.3. The van der Waals surface area contributed by atoms with Crippen molar-refractivity contribution in [3.63, 3.8) is 0 Å². The van der Waals surface area contributed by atoms with Gasteiger partial charge in [0.2, 0.25) is 5.95 Å². The summed E-state index contributed by atoms with van der Waals surface area (Å²) in [6.07, 6.45) is 12.1. The largest absolute Gasteiger partial charge is 0.350 e. The van der Waals surface area contributed by atoms with Crippen LogP contribution in [0.5, 0.6) is 0 Å². The summed E-state index contributed by atoms with van der Waals surface area (Å²) >= 11 is 0. The van der Waals surface area contributed by atoms with E-state index in [4.69, 9.17) is 0 Å². The zero-order chi connectivity index (χ0) is 18.9. The number of rotatable bonds is 4. The fraction of sp³-hybridized carbons (Fsp3) is 0.333. The second kappa shape index (κ2) is 7.16. The first kappa shape index (κ1) is 17.1. The van der Waals surface area contributed by atoms with Gasteiger partial charge >= 0.3 is 0 Å². The van der Waals surface area contributed by atoms with Gasteiger partial charge in [0.05, 0.1) is 11.7 Å². The minimum atomic E-state index is 0.439. The third kappa shape index (κ3) is 3.18. The van der Waals surface area contributed by atoms with Gasteiger partial charge in [-0.3, -0.25) is 0 Å². The van der Waals surface area contributed by atoms with Crippen molar-refractivity contribution >= 4 is 22.5 Å². The van der Waals surface area contributed by atoms with Crippen molar-refractivity contribution in [2.75, 3.05) is 12.4 Å². The summed E-state index contributed by atoms with van der Waals surface area (Å²) in [6.45, 7) is 0. The van der Waals surface area contributed by atoms with Gasteiger partial charge in [0.15, 0.2) is 5.65 Å². The molecule has 7 heteroatoms. The Labute approximate surface area is 163 Å². The number of hydrogen-bond donors (Lipinski definition) is 2. The summed E-state index contributed by atoms with van der Waals surface area (Å²) in [6, 6.07) is 9.20. The Bertz CT molecular complexity index is 1110. The smallest absolute Gasteiger partial charge is 0.241 e. The second-order valence-corrected chi connectivity index (χ2v) is 7.40. The molecule has 0 saturated heterocycles. The Morgan fingerprint density at radius 2 is 1.86 bits per heavy atom. The molecule has 2 N–H and O–H groups in total. The van der Waals surface area contributed by atoms with Crippen molar-refractivity contribution in [3.05, 3.63) is 49.1 Å². The van der Waals surface area contributed by atoms with Crippen LogP contribution in [0.1, 0.15) is 25.7 Å². The van der Waals surface area contributed by atoms with Crippen LogP contribution in [-0.2, 0) is 0 Å². The first-order chi connectivity index (χ1) is 13.8. The minimum absolute atomic E-state index is 0.439. The maximum Gasteiger partial charge on any atom is 0.241 e. The maximum atomic E-state index is 4.66. The van der Waals surface area contributed by atoms with Crippen molar-refractivity contribution in [1.29, 1.82) is 0 Å². The summed E-state index contributed by atoms with van der Waals surface area (Å²) < 4.78 is 1.89. The molecule has 4 aromatic heterocycles. The SMILES string of the molecule is CNC1CCC(Nc2ncc3c(-c4cnc5ncccc5c4)ccn3n2)CC1. The lowest BCUT2D eigenvalue weighted by Gasteiger charge is -2.28. The van der Waals surface area contributed by atoms with E-state index < -0.39 is 0 Å². The second-order valence-electron chi connectivity index (χ2n) is 7.40. The molecule has 1 fully saturated rings. The first-order valence-corrected chi connectivity index (χ1v) is 9.79. The van der Waals surface area contributed by atoms with Crippen molar-refractivity contribution in [2.24, 2.45) is 0 Å². The van der Waals surface area contributed by atoms with Gasteiger partial charge < -0.3 is 10.6 Å². The Hall–Kier alpha value is -3.06. The summed E-state index contributed by atoms with van der Waals surface area (Å²) in [7, 11) is 2.04. The van der Waals surface area contributed by atoms with Crippen LogP contribution in [0.15, 0.2) is 49.1 Å². The van der Waals surface area contributed by atoms with Gasteiger partial charge in [0.25, 0.3) is 0 Å². The Balaban J connectivity index is 1.40. The lowest BCUT2D eigenvalue weighted by molar-refractivity contribution is 0.370. The summed E-state index contributed by atoms with van der Waals surface area (Å²) in [4.78, 5) is 13.3. The van der Waals surface area contributed by atoms with Crippen LogP contribution in [0.4, 0.5) is 5.95 Å². The van der Waals surface area contributed by atoms with Crippen LogP contribution >= 0.6 is 0 Å². The van der Waals surface area contributed by atoms with E-state index in [0.29, 0.717) is 18.0 Å². The first-order valence-electron chi connectivity index (χ1n) is 9.79. The zero-order valence-corrected chi connectivity index (χ0v) is 15.8. The topological polar surface area (TPSA) is 80.0 Å². The summed E-state index contributed by atoms with van der Waals surface area (Å²) in [5.74, 6) is 0.684. The van der Waals surface area contributed by atoms with Crippen LogP contribution in [0, 0.1) is 0 Å². The quantitative estimate of drug-likeness (QED) is 0.571. The molecule has 1 saturated carbocycles. The average Bonchev–Trinajstić information content (AvgIpc) is 3.17. The molecule has 0 atom stereocenters. The van der Waals surface area contributed by atoms with Crippen LogP contribution in [0.3, 0.4) is 0 Å². The molecule has 142 valence electrons. The van der Waals surface area contributed by atoms with Crippen molar-refractivity contribution in [3.8, 4) is 11.1 Å². The normalized spacial score (nSPS) is 19.9. The van der Waals surface area contributed by atoms with Gasteiger partial charge in [-0.1, -0.05) is 0 Å². The fourth-order valence-electron chi connectivity index (χ4n) is 4.03. The number of nitrogens with zero attached hydrogens (tertiary/aromatic N) is 5. The minimum Gasteiger partial charge on any atom is -0.350 e. The van der Waals surface area contributed by atoms with Crippen molar-refractivity contribution in [2.45, 2.75) is 37.8 Å². The predicted octanol–water partition coefficient (Wildman–Crippen LogP) is 3.28. The van der Waals surface area contributed by atoms with E-state index in [1.807, 2.05) is 42.3 Å². The van der Waals surface area contributed by atoms with Crippen molar-refractivity contribution < 1.29 is 0 Å². The predicted molar refractivity (Wildman–Crippen MR) is 110 cm³/mol. The maximum absolute atomic E-state index is 4.66. The number of hydrogen-bond acceptors (Lipinski definition) is 6. The fourth-order valence-corrected chi connectivity index (χ4v) is 4.03. The standard InChI is InChI=1S/C21H23N7/c1-22-16-4-6-17(7-5-16)26-21-25-13-19-18(8-10-28(19)27-21)15-11-14-3-2-9-23-20(14)24-12-15/h2-3,8-13,16-17,22H,4-7H2,1H3,(H,26,27). The van der Waals surface area contributed by atoms with Gasteiger partial charge in [-0.05, 0) is 57.0 Å². The van der Waals surface area contributed by atoms with E-state index in [1.54, 1.807) is 6.20 Å². The molecule has 0 spiro atoms. The van der Waals surface area contributed by atoms with Gasteiger partial charge in [0, 0.05) is 47.2 Å². The van der Waals surface area contributed by atoms with Crippen LogP contribution in [0.25, 0.3) is 27.7 Å². The Morgan fingerprint density at radius 3 is 2.71 bits per heavy atom. The summed E-state index contributed by atoms with van der Waals surface area (Å²) in [5.41, 5.74) is 3.83. The van der Waals surface area contributed by atoms with E-state index >= 15 is 0 Å². The highest BCUT2D eigenvalue weighted by Gasteiger charge is 2.20. The van der Waals surface area contributed by atoms with Crippen LogP contribution < -0.4 is 10.6 Å². The zero-order valence-electron chi connectivity index (χ0n) is 15.8. The molecule has 0 amide bonds. The van der Waals surface area contributed by atoms with Crippen LogP contribution in [-0.4, -0.2) is 43.7 Å². The molecule has 1 aliphatic carbocycles. The molecule has 7 nitrogen and oxygen atoms in total. The van der Waals surface area contributed by atoms with E-state index in [9.17, 15) is 0 Å². The summed E-state index contributed by atoms with van der Waals surface area (Å²) in [5, 5.41) is 12.6. The van der Waals surface area contributed by atoms with Crippen LogP contribution in [0.2, 0.25) is 0 Å². The number of nitrogens with one attached hydrogen (secondary N) is 2. The van der Waals surface area contributed by atoms with Gasteiger partial charge in [-0.15, -0.1) is 5.10 Å². The molecule has 0 aromatic carbocycles. The van der Waals surface area contributed by atoms with Gasteiger partial charge in [0.1, 0.15) is 0 Å². The lowest BCUT2D eigenvalue weighted by Crippen LogP contribution is -2.35. The third-order valence-corrected chi connectivity index (χ3v) is 5.65. The molecule has 5 rings (SSSR count). The molecule has 0 unspecified atom stereocenters. The molecule has 4 aromatic rings. The highest BCUT2D eigenvalue weighted by Crippen LogP contribution is 2.27. The van der Waals surface area contributed by atoms with E-state index in [-0.39, 0.29) is 0 Å².